The molecule has 0 aromatic carbocycles. The van der Waals surface area contributed by atoms with Gasteiger partial charge in [-0.15, -0.1) is 0 Å². The van der Waals surface area contributed by atoms with E-state index < -0.39 is 40.4 Å². The van der Waals surface area contributed by atoms with E-state index in [9.17, 15) is 8.42 Å². The topological polar surface area (TPSA) is 141 Å². The number of nitrogens with two attached hydrogens (primary N) is 1. The molecule has 148 valence electrons. The van der Waals surface area contributed by atoms with E-state index in [-0.39, 0.29) is 17.7 Å². The first-order chi connectivity index (χ1) is 12.5. The van der Waals surface area contributed by atoms with Crippen molar-refractivity contribution in [2.24, 2.45) is 0 Å². The molecule has 2 saturated heterocycles. The normalized spacial score (nSPS) is 30.5. The van der Waals surface area contributed by atoms with E-state index in [1.807, 2.05) is 0 Å². The van der Waals surface area contributed by atoms with Crippen LogP contribution in [0.2, 0.25) is 5.15 Å². The van der Waals surface area contributed by atoms with Crippen LogP contribution in [0.4, 0.5) is 5.95 Å². The van der Waals surface area contributed by atoms with Gasteiger partial charge in [0.15, 0.2) is 28.9 Å². The number of hydrogen-bond acceptors (Lipinski definition) is 10. The van der Waals surface area contributed by atoms with Gasteiger partial charge in [-0.1, -0.05) is 11.6 Å². The number of fused-ring (bicyclic) bond motifs is 2. The van der Waals surface area contributed by atoms with Crippen LogP contribution in [0.15, 0.2) is 6.33 Å². The molecule has 0 aliphatic carbocycles. The number of halogens is 1. The van der Waals surface area contributed by atoms with Crippen LogP contribution in [0, 0.1) is 0 Å². The van der Waals surface area contributed by atoms with Gasteiger partial charge in [-0.2, -0.15) is 18.4 Å². The average molecular weight is 420 g/mol. The molecule has 0 saturated carbocycles. The molecule has 11 nitrogen and oxygen atoms in total. The maximum Gasteiger partial charge on any atom is 0.264 e. The average Bonchev–Trinajstić information content (AvgIpc) is 3.07. The molecule has 0 unspecified atom stereocenters. The monoisotopic (exact) mass is 419 g/mol. The Morgan fingerprint density at radius 3 is 2.85 bits per heavy atom. The number of ether oxygens (including phenoxy) is 3. The predicted octanol–water partition coefficient (Wildman–Crippen LogP) is 0.456. The zero-order valence-electron chi connectivity index (χ0n) is 14.7. The van der Waals surface area contributed by atoms with Crippen molar-refractivity contribution in [3.8, 4) is 0 Å². The van der Waals surface area contributed by atoms with Crippen molar-refractivity contribution in [2.45, 2.75) is 44.2 Å². The first-order valence-corrected chi connectivity index (χ1v) is 10.2. The second kappa shape index (κ2) is 6.22. The molecule has 0 radical (unpaired) electrons. The summed E-state index contributed by atoms with van der Waals surface area (Å²) < 4.78 is 48.0. The lowest BCUT2D eigenvalue weighted by molar-refractivity contribution is -0.299. The summed E-state index contributed by atoms with van der Waals surface area (Å²) >= 11 is 6.06. The number of rotatable bonds is 3. The van der Waals surface area contributed by atoms with E-state index in [1.165, 1.54) is 10.9 Å². The summed E-state index contributed by atoms with van der Waals surface area (Å²) in [5.41, 5.74) is 6.28. The Morgan fingerprint density at radius 2 is 2.15 bits per heavy atom. The highest BCUT2D eigenvalue weighted by molar-refractivity contribution is 7.86. The number of nitrogens with zero attached hydrogens (tertiary/aromatic N) is 4. The number of nitrogen functional groups attached to an aromatic ring is 1. The third-order valence-corrected chi connectivity index (χ3v) is 5.09. The summed E-state index contributed by atoms with van der Waals surface area (Å²) in [4.78, 5) is 12.2. The van der Waals surface area contributed by atoms with Gasteiger partial charge < -0.3 is 19.9 Å². The molecule has 2 aromatic rings. The Hall–Kier alpha value is -1.57. The minimum atomic E-state index is -3.81. The van der Waals surface area contributed by atoms with E-state index >= 15 is 0 Å². The molecular formula is C14H18ClN5O6S. The minimum Gasteiger partial charge on any atom is -0.368 e. The predicted molar refractivity (Wildman–Crippen MR) is 93.3 cm³/mol. The number of anilines is 1. The second-order valence-corrected chi connectivity index (χ2v) is 8.78. The van der Waals surface area contributed by atoms with Crippen LogP contribution in [-0.2, 0) is 28.5 Å². The van der Waals surface area contributed by atoms with Gasteiger partial charge in [0.1, 0.15) is 17.7 Å². The van der Waals surface area contributed by atoms with Crippen molar-refractivity contribution < 1.29 is 26.8 Å². The number of imidazole rings is 1. The lowest BCUT2D eigenvalue weighted by Crippen LogP contribution is -2.50. The van der Waals surface area contributed by atoms with Crippen LogP contribution in [0.5, 0.6) is 0 Å². The lowest BCUT2D eigenvalue weighted by Gasteiger charge is -2.38. The van der Waals surface area contributed by atoms with Crippen LogP contribution in [-0.4, -0.2) is 64.9 Å². The van der Waals surface area contributed by atoms with Gasteiger partial charge in [0.2, 0.25) is 5.95 Å². The number of aromatic nitrogens is 4. The maximum atomic E-state index is 11.9. The second-order valence-electron chi connectivity index (χ2n) is 6.82. The highest BCUT2D eigenvalue weighted by Gasteiger charge is 2.54. The van der Waals surface area contributed by atoms with Crippen molar-refractivity contribution in [1.29, 1.82) is 0 Å². The third-order valence-electron chi connectivity index (χ3n) is 4.26. The summed E-state index contributed by atoms with van der Waals surface area (Å²) in [6.07, 6.45) is -0.729. The van der Waals surface area contributed by atoms with Crippen LogP contribution >= 0.6 is 11.6 Å². The summed E-state index contributed by atoms with van der Waals surface area (Å²) in [7, 11) is -3.81. The highest BCUT2D eigenvalue weighted by atomic mass is 35.5. The van der Waals surface area contributed by atoms with Gasteiger partial charge in [0, 0.05) is 0 Å². The first-order valence-electron chi connectivity index (χ1n) is 8.05. The van der Waals surface area contributed by atoms with Gasteiger partial charge >= 0.3 is 0 Å². The highest BCUT2D eigenvalue weighted by Crippen LogP contribution is 2.41. The van der Waals surface area contributed by atoms with E-state index in [0.29, 0.717) is 11.2 Å². The van der Waals surface area contributed by atoms with E-state index in [4.69, 9.17) is 35.7 Å². The maximum absolute atomic E-state index is 11.9. The Morgan fingerprint density at radius 1 is 1.41 bits per heavy atom. The Labute approximate surface area is 159 Å². The summed E-state index contributed by atoms with van der Waals surface area (Å²) in [5.74, 6) is -0.961. The number of hydrogen-bond donors (Lipinski definition) is 1. The molecule has 2 aliphatic rings. The summed E-state index contributed by atoms with van der Waals surface area (Å²) in [5, 5.41) is 0.0768. The molecular weight excluding hydrogens is 402 g/mol. The molecule has 27 heavy (non-hydrogen) atoms. The Kier molecular flexibility index (Phi) is 4.33. The molecule has 0 amide bonds. The first kappa shape index (κ1) is 18.8. The molecule has 2 aromatic heterocycles. The van der Waals surface area contributed by atoms with Crippen LogP contribution < -0.4 is 5.73 Å². The zero-order valence-corrected chi connectivity index (χ0v) is 16.3. The van der Waals surface area contributed by atoms with Crippen molar-refractivity contribution in [3.63, 3.8) is 0 Å². The van der Waals surface area contributed by atoms with Gasteiger partial charge in [-0.05, 0) is 13.8 Å². The molecule has 2 N–H and O–H groups in total. The van der Waals surface area contributed by atoms with Crippen molar-refractivity contribution in [3.05, 3.63) is 11.5 Å². The molecule has 4 rings (SSSR count). The van der Waals surface area contributed by atoms with Crippen molar-refractivity contribution in [1.82, 2.24) is 19.5 Å². The van der Waals surface area contributed by atoms with Gasteiger partial charge in [-0.3, -0.25) is 8.75 Å². The fraction of sp³-hybridized carbons (Fsp3) is 0.643. The van der Waals surface area contributed by atoms with Crippen molar-refractivity contribution >= 4 is 38.8 Å². The van der Waals surface area contributed by atoms with E-state index in [2.05, 4.69) is 15.0 Å². The smallest absolute Gasteiger partial charge is 0.264 e. The molecule has 0 bridgehead atoms. The quantitative estimate of drug-likeness (QED) is 0.550. The molecule has 4 heterocycles. The van der Waals surface area contributed by atoms with Crippen LogP contribution in [0.25, 0.3) is 11.2 Å². The molecule has 4 atom stereocenters. The van der Waals surface area contributed by atoms with Crippen LogP contribution in [0.3, 0.4) is 0 Å². The zero-order chi connectivity index (χ0) is 19.6. The SMILES string of the molecule is CC1(C)OC[C@@H]2O[C@@H](n3cnc4c(Cl)nc(N)nc43)[C@@H](OS(C)(=O)=O)[C@@H]2O1. The standard InChI is InChI=1S/C14H18ClN5O6S/c1-14(2)23-4-6-8(25-14)9(26-27(3,21)22)12(24-6)20-5-17-7-10(15)18-13(16)19-11(7)20/h5-6,8-9,12H,4H2,1-3H3,(H2,16,18,19)/t6-,8+,9-,12+/m0/s1. The summed E-state index contributed by atoms with van der Waals surface area (Å²) in [6.45, 7) is 3.67. The van der Waals surface area contributed by atoms with Gasteiger partial charge in [-0.25, -0.2) is 4.98 Å². The Balaban J connectivity index is 1.79. The third kappa shape index (κ3) is 3.48. The molecule has 2 fully saturated rings. The fourth-order valence-electron chi connectivity index (χ4n) is 3.24. The lowest BCUT2D eigenvalue weighted by atomic mass is 10.1. The van der Waals surface area contributed by atoms with Gasteiger partial charge in [0.25, 0.3) is 10.1 Å². The minimum absolute atomic E-state index is 0.0500. The summed E-state index contributed by atoms with van der Waals surface area (Å²) in [6, 6.07) is 0. The fourth-order valence-corrected chi connectivity index (χ4v) is 4.07. The van der Waals surface area contributed by atoms with E-state index in [1.54, 1.807) is 13.8 Å². The van der Waals surface area contributed by atoms with Gasteiger partial charge in [0.05, 0.1) is 19.2 Å². The molecule has 0 spiro atoms. The van der Waals surface area contributed by atoms with Crippen LogP contribution in [0.1, 0.15) is 20.1 Å². The van der Waals surface area contributed by atoms with E-state index in [0.717, 1.165) is 6.26 Å². The molecule has 13 heteroatoms. The largest absolute Gasteiger partial charge is 0.368 e. The Bertz CT molecular complexity index is 995. The molecule has 2 aliphatic heterocycles. The van der Waals surface area contributed by atoms with Crippen molar-refractivity contribution in [2.75, 3.05) is 18.6 Å².